The second-order valence-corrected chi connectivity index (χ2v) is 5.00. The van der Waals surface area contributed by atoms with Gasteiger partial charge >= 0.3 is 36.2 Å². The molecule has 1 unspecified atom stereocenters. The van der Waals surface area contributed by atoms with Gasteiger partial charge in [0.2, 0.25) is 0 Å². The second-order valence-electron chi connectivity index (χ2n) is 5.00. The van der Waals surface area contributed by atoms with Crippen molar-refractivity contribution >= 4 is 11.7 Å². The number of hydrogen-bond acceptors (Lipinski definition) is 5. The molecule has 0 fully saturated rings. The number of alkyl halides is 11. The smallest absolute Gasteiger partial charge is 0.462 e. The van der Waals surface area contributed by atoms with Crippen LogP contribution in [0.5, 0.6) is 5.75 Å². The number of carbonyl (C=O) groups is 1. The van der Waals surface area contributed by atoms with Crippen LogP contribution in [-0.2, 0) is 9.53 Å². The van der Waals surface area contributed by atoms with E-state index in [1.165, 1.54) is 0 Å². The summed E-state index contributed by atoms with van der Waals surface area (Å²) in [6.45, 7) is 0. The van der Waals surface area contributed by atoms with E-state index in [4.69, 9.17) is 5.21 Å². The molecular weight excluding hydrogens is 447 g/mol. The lowest BCUT2D eigenvalue weighted by atomic mass is 10.2. The number of benzene rings is 1. The van der Waals surface area contributed by atoms with Crippen LogP contribution >= 0.6 is 0 Å². The van der Waals surface area contributed by atoms with E-state index in [1.54, 1.807) is 0 Å². The van der Waals surface area contributed by atoms with Gasteiger partial charge in [0.25, 0.3) is 0 Å². The summed E-state index contributed by atoms with van der Waals surface area (Å²) in [5.41, 5.74) is -0.528. The van der Waals surface area contributed by atoms with Crippen LogP contribution < -0.4 is 9.96 Å². The zero-order valence-corrected chi connectivity index (χ0v) is 13.0. The van der Waals surface area contributed by atoms with Crippen LogP contribution in [0.15, 0.2) is 24.3 Å². The van der Waals surface area contributed by atoms with Crippen LogP contribution in [-0.4, -0.2) is 41.4 Å². The number of carbonyl (C=O) groups excluding carboxylic acids is 1. The van der Waals surface area contributed by atoms with Gasteiger partial charge in [-0.3, -0.25) is 4.74 Å². The Hall–Kier alpha value is -2.24. The number of nitrogens with one attached hydrogen (secondary N) is 1. The molecule has 1 aromatic carbocycles. The Morgan fingerprint density at radius 1 is 0.862 bits per heavy atom. The standard InChI is InChI=1S/C12H6F11NO5/c13-8(10(16,17)18,29-12(22,23)9(14,15)11(19,20)21)7(25)28-6-3-1-5(2-4-6)24(26)27/h1-4,24,26H/t8-/m0/s1. The average Bonchev–Trinajstić information content (AvgIpc) is 2.52. The first-order chi connectivity index (χ1) is 12.8. The van der Waals surface area contributed by atoms with Crippen molar-refractivity contribution in [2.75, 3.05) is 0 Å². The van der Waals surface area contributed by atoms with E-state index in [0.717, 1.165) is 0 Å². The molecule has 0 saturated carbocycles. The Morgan fingerprint density at radius 2 is 1.31 bits per heavy atom. The Balaban J connectivity index is 3.25. The predicted molar refractivity (Wildman–Crippen MR) is 64.8 cm³/mol. The van der Waals surface area contributed by atoms with Crippen molar-refractivity contribution in [2.45, 2.75) is 30.2 Å². The highest BCUT2D eigenvalue weighted by atomic mass is 19.4. The third-order valence-electron chi connectivity index (χ3n) is 2.93. The zero-order chi connectivity index (χ0) is 23.1. The molecular formula is C12H6F11NO5. The monoisotopic (exact) mass is 453 g/mol. The molecule has 0 spiro atoms. The summed E-state index contributed by atoms with van der Waals surface area (Å²) in [6, 6.07) is 2.04. The molecule has 0 aliphatic rings. The van der Waals surface area contributed by atoms with E-state index in [1.807, 2.05) is 4.74 Å². The molecule has 0 heterocycles. The number of hydrogen-bond donors (Lipinski definition) is 2. The Labute approximate surface area is 151 Å². The molecule has 2 N–H and O–H groups in total. The summed E-state index contributed by atoms with van der Waals surface area (Å²) in [5.74, 6) is -18.4. The third-order valence-corrected chi connectivity index (χ3v) is 2.93. The number of halogens is 11. The van der Waals surface area contributed by atoms with Gasteiger partial charge in [0, 0.05) is 12.1 Å². The number of rotatable bonds is 6. The van der Waals surface area contributed by atoms with Crippen molar-refractivity contribution in [1.82, 2.24) is 0 Å². The van der Waals surface area contributed by atoms with Crippen LogP contribution in [0.1, 0.15) is 0 Å². The number of quaternary nitrogens is 1. The molecule has 17 heteroatoms. The molecule has 0 aliphatic heterocycles. The second kappa shape index (κ2) is 7.54. The van der Waals surface area contributed by atoms with Crippen LogP contribution in [0.3, 0.4) is 0 Å². The van der Waals surface area contributed by atoms with Crippen molar-refractivity contribution in [3.8, 4) is 5.75 Å². The molecule has 0 aromatic heterocycles. The summed E-state index contributed by atoms with van der Waals surface area (Å²) in [4.78, 5) is 11.3. The molecule has 1 rings (SSSR count). The van der Waals surface area contributed by atoms with Crippen LogP contribution in [0.2, 0.25) is 0 Å². The van der Waals surface area contributed by atoms with Gasteiger partial charge in [-0.15, -0.1) is 0 Å². The fraction of sp³-hybridized carbons (Fsp3) is 0.417. The Morgan fingerprint density at radius 3 is 1.66 bits per heavy atom. The van der Waals surface area contributed by atoms with Crippen molar-refractivity contribution < 1.29 is 73.0 Å². The minimum absolute atomic E-state index is 0.431. The van der Waals surface area contributed by atoms with E-state index in [0.29, 0.717) is 24.3 Å². The number of ether oxygens (including phenoxy) is 2. The Kier molecular flexibility index (Phi) is 6.45. The van der Waals surface area contributed by atoms with Crippen LogP contribution in [0.4, 0.5) is 54.0 Å². The van der Waals surface area contributed by atoms with Gasteiger partial charge in [0.05, 0.1) is 0 Å². The summed E-state index contributed by atoms with van der Waals surface area (Å²) in [7, 11) is 0. The fourth-order valence-electron chi connectivity index (χ4n) is 1.46. The fourth-order valence-corrected chi connectivity index (χ4v) is 1.46. The lowest BCUT2D eigenvalue weighted by Gasteiger charge is -2.33. The van der Waals surface area contributed by atoms with Gasteiger partial charge < -0.3 is 9.94 Å². The third kappa shape index (κ3) is 4.85. The largest absolute Gasteiger partial charge is 0.595 e. The predicted octanol–water partition coefficient (Wildman–Crippen LogP) is 3.03. The quantitative estimate of drug-likeness (QED) is 0.300. The summed E-state index contributed by atoms with van der Waals surface area (Å²) in [5, 5.41) is 17.6. The highest BCUT2D eigenvalue weighted by molar-refractivity contribution is 5.81. The average molecular weight is 453 g/mol. The summed E-state index contributed by atoms with van der Waals surface area (Å²) < 4.78 is 145. The first-order valence-corrected chi connectivity index (χ1v) is 6.60. The SMILES string of the molecule is O=C(Oc1ccc([NH+]([O-])O)cc1)[C@](F)(OC(F)(F)C(F)(F)C(F)(F)F)C(F)(F)F. The van der Waals surface area contributed by atoms with Gasteiger partial charge in [-0.2, -0.15) is 53.5 Å². The first kappa shape index (κ1) is 24.8. The molecule has 1 aromatic rings. The summed E-state index contributed by atoms with van der Waals surface area (Å²) in [6.07, 6.45) is -21.3. The molecule has 2 atom stereocenters. The minimum atomic E-state index is -7.33. The van der Waals surface area contributed by atoms with Crippen LogP contribution in [0.25, 0.3) is 0 Å². The van der Waals surface area contributed by atoms with Crippen molar-refractivity contribution in [3.05, 3.63) is 29.5 Å². The van der Waals surface area contributed by atoms with E-state index >= 15 is 0 Å². The zero-order valence-electron chi connectivity index (χ0n) is 13.0. The topological polar surface area (TPSA) is 83.3 Å². The highest BCUT2D eigenvalue weighted by Gasteiger charge is 2.80. The number of esters is 1. The maximum atomic E-state index is 13.9. The van der Waals surface area contributed by atoms with E-state index in [-0.39, 0.29) is 0 Å². The summed E-state index contributed by atoms with van der Waals surface area (Å²) >= 11 is 0. The molecule has 6 nitrogen and oxygen atoms in total. The van der Waals surface area contributed by atoms with Gasteiger partial charge in [-0.05, 0) is 12.1 Å². The highest BCUT2D eigenvalue weighted by Crippen LogP contribution is 2.51. The minimum Gasteiger partial charge on any atom is -0.595 e. The normalized spacial score (nSPS) is 16.9. The molecule has 29 heavy (non-hydrogen) atoms. The van der Waals surface area contributed by atoms with Gasteiger partial charge in [0.1, 0.15) is 5.75 Å². The molecule has 0 saturated heterocycles. The van der Waals surface area contributed by atoms with E-state index < -0.39 is 52.9 Å². The van der Waals surface area contributed by atoms with Crippen molar-refractivity contribution in [1.29, 1.82) is 0 Å². The van der Waals surface area contributed by atoms with Gasteiger partial charge in [0.15, 0.2) is 5.69 Å². The molecule has 0 aliphatic carbocycles. The molecule has 0 amide bonds. The van der Waals surface area contributed by atoms with Crippen molar-refractivity contribution in [3.63, 3.8) is 0 Å². The Bertz CT molecular complexity index is 731. The molecule has 166 valence electrons. The maximum Gasteiger partial charge on any atom is 0.462 e. The molecule has 0 bridgehead atoms. The maximum absolute atomic E-state index is 13.9. The first-order valence-electron chi connectivity index (χ1n) is 6.60. The lowest BCUT2D eigenvalue weighted by molar-refractivity contribution is -0.991. The van der Waals surface area contributed by atoms with E-state index in [2.05, 4.69) is 4.74 Å². The lowest BCUT2D eigenvalue weighted by Crippen LogP contribution is -2.99. The van der Waals surface area contributed by atoms with Crippen LogP contribution in [0, 0.1) is 5.21 Å². The van der Waals surface area contributed by atoms with Gasteiger partial charge in [-0.1, -0.05) is 0 Å². The molecule has 0 radical (unpaired) electrons. The van der Waals surface area contributed by atoms with Crippen molar-refractivity contribution in [2.24, 2.45) is 0 Å². The van der Waals surface area contributed by atoms with Gasteiger partial charge in [-0.25, -0.2) is 10.0 Å². The van der Waals surface area contributed by atoms with E-state index in [9.17, 15) is 58.3 Å².